The minimum atomic E-state index is -0.667. The zero-order chi connectivity index (χ0) is 15.3. The highest BCUT2D eigenvalue weighted by atomic mass is 79.9. The van der Waals surface area contributed by atoms with Crippen molar-refractivity contribution in [2.45, 2.75) is 39.5 Å². The zero-order valence-corrected chi connectivity index (χ0v) is 14.2. The van der Waals surface area contributed by atoms with Crippen LogP contribution in [0.15, 0.2) is 22.7 Å². The molecule has 0 bridgehead atoms. The third-order valence-corrected chi connectivity index (χ3v) is 4.26. The standard InChI is InChI=1S/C16H20BrNO2/c1-15(2,3)9-16(4)12-8-10(17)6-7-11(12)13(19)18(5)14(16)20/h6-8H,9H2,1-5H3. The average molecular weight is 338 g/mol. The molecule has 4 heteroatoms. The molecule has 0 radical (unpaired) electrons. The molecule has 0 aromatic heterocycles. The van der Waals surface area contributed by atoms with E-state index in [1.165, 1.54) is 4.90 Å². The molecule has 108 valence electrons. The second-order valence-electron chi connectivity index (χ2n) is 6.93. The molecule has 0 aliphatic carbocycles. The Morgan fingerprint density at radius 2 is 1.85 bits per heavy atom. The molecule has 1 aliphatic rings. The highest BCUT2D eigenvalue weighted by Gasteiger charge is 2.47. The lowest BCUT2D eigenvalue weighted by atomic mass is 9.67. The van der Waals surface area contributed by atoms with Crippen LogP contribution < -0.4 is 0 Å². The molecule has 1 atom stereocenters. The second-order valence-corrected chi connectivity index (χ2v) is 7.84. The molecule has 0 fully saturated rings. The van der Waals surface area contributed by atoms with Gasteiger partial charge in [0.25, 0.3) is 5.91 Å². The Kier molecular flexibility index (Phi) is 3.57. The maximum atomic E-state index is 12.7. The van der Waals surface area contributed by atoms with Gasteiger partial charge in [-0.05, 0) is 42.5 Å². The fourth-order valence-corrected chi connectivity index (χ4v) is 3.51. The van der Waals surface area contributed by atoms with Crippen molar-refractivity contribution >= 4 is 27.7 Å². The van der Waals surface area contributed by atoms with Gasteiger partial charge in [0.15, 0.2) is 0 Å². The minimum Gasteiger partial charge on any atom is -0.281 e. The highest BCUT2D eigenvalue weighted by Crippen LogP contribution is 2.43. The number of halogens is 1. The first-order valence-corrected chi connectivity index (χ1v) is 7.48. The van der Waals surface area contributed by atoms with Gasteiger partial charge < -0.3 is 0 Å². The van der Waals surface area contributed by atoms with E-state index in [4.69, 9.17) is 0 Å². The molecule has 20 heavy (non-hydrogen) atoms. The largest absolute Gasteiger partial charge is 0.281 e. The third kappa shape index (κ3) is 2.41. The Bertz CT molecular complexity index is 589. The quantitative estimate of drug-likeness (QED) is 0.731. The summed E-state index contributed by atoms with van der Waals surface area (Å²) in [7, 11) is 1.57. The molecule has 0 saturated carbocycles. The van der Waals surface area contributed by atoms with E-state index in [2.05, 4.69) is 36.7 Å². The van der Waals surface area contributed by atoms with Crippen LogP contribution in [0, 0.1) is 5.41 Å². The maximum absolute atomic E-state index is 12.7. The number of imide groups is 1. The van der Waals surface area contributed by atoms with E-state index in [9.17, 15) is 9.59 Å². The van der Waals surface area contributed by atoms with Crippen molar-refractivity contribution in [1.29, 1.82) is 0 Å². The SMILES string of the molecule is CN1C(=O)c2ccc(Br)cc2C(C)(CC(C)(C)C)C1=O. The first kappa shape index (κ1) is 15.2. The van der Waals surface area contributed by atoms with E-state index in [0.29, 0.717) is 12.0 Å². The van der Waals surface area contributed by atoms with E-state index in [1.54, 1.807) is 13.1 Å². The van der Waals surface area contributed by atoms with E-state index in [1.807, 2.05) is 19.1 Å². The van der Waals surface area contributed by atoms with Gasteiger partial charge in [-0.3, -0.25) is 14.5 Å². The number of rotatable bonds is 1. The lowest BCUT2D eigenvalue weighted by molar-refractivity contribution is -0.135. The number of benzene rings is 1. The average Bonchev–Trinajstić information content (AvgIpc) is 2.32. The summed E-state index contributed by atoms with van der Waals surface area (Å²) >= 11 is 3.44. The number of likely N-dealkylation sites (N-methyl/N-ethyl adjacent to an activating group) is 1. The first-order valence-electron chi connectivity index (χ1n) is 6.69. The normalized spacial score (nSPS) is 23.0. The molecule has 1 aliphatic heterocycles. The highest BCUT2D eigenvalue weighted by molar-refractivity contribution is 9.10. The Morgan fingerprint density at radius 3 is 2.40 bits per heavy atom. The van der Waals surface area contributed by atoms with Crippen LogP contribution >= 0.6 is 15.9 Å². The van der Waals surface area contributed by atoms with Gasteiger partial charge in [-0.25, -0.2) is 0 Å². The summed E-state index contributed by atoms with van der Waals surface area (Å²) in [5.74, 6) is -0.341. The van der Waals surface area contributed by atoms with E-state index in [-0.39, 0.29) is 17.2 Å². The van der Waals surface area contributed by atoms with Crippen LogP contribution in [0.3, 0.4) is 0 Å². The maximum Gasteiger partial charge on any atom is 0.260 e. The van der Waals surface area contributed by atoms with Crippen molar-refractivity contribution < 1.29 is 9.59 Å². The summed E-state index contributed by atoms with van der Waals surface area (Å²) < 4.78 is 0.890. The van der Waals surface area contributed by atoms with Crippen LogP contribution in [0.25, 0.3) is 0 Å². The Morgan fingerprint density at radius 1 is 1.25 bits per heavy atom. The molecule has 0 spiro atoms. The third-order valence-electron chi connectivity index (χ3n) is 3.77. The van der Waals surface area contributed by atoms with E-state index in [0.717, 1.165) is 10.0 Å². The zero-order valence-electron chi connectivity index (χ0n) is 12.6. The number of carbonyl (C=O) groups excluding carboxylic acids is 2. The van der Waals surface area contributed by atoms with Crippen LogP contribution in [0.4, 0.5) is 0 Å². The van der Waals surface area contributed by atoms with Gasteiger partial charge in [0.2, 0.25) is 5.91 Å². The van der Waals surface area contributed by atoms with Crippen molar-refractivity contribution in [2.75, 3.05) is 7.05 Å². The van der Waals surface area contributed by atoms with E-state index < -0.39 is 5.41 Å². The smallest absolute Gasteiger partial charge is 0.260 e. The Hall–Kier alpha value is -1.16. The van der Waals surface area contributed by atoms with Crippen LogP contribution in [-0.4, -0.2) is 23.8 Å². The molecule has 1 aromatic carbocycles. The lowest BCUT2D eigenvalue weighted by Gasteiger charge is -2.41. The molecule has 1 aromatic rings. The van der Waals surface area contributed by atoms with Crippen molar-refractivity contribution in [3.63, 3.8) is 0 Å². The molecule has 0 N–H and O–H groups in total. The van der Waals surface area contributed by atoms with Gasteiger partial charge in [-0.1, -0.05) is 36.7 Å². The van der Waals surface area contributed by atoms with Gasteiger partial charge in [0.05, 0.1) is 5.41 Å². The number of hydrogen-bond acceptors (Lipinski definition) is 2. The van der Waals surface area contributed by atoms with Crippen molar-refractivity contribution in [3.05, 3.63) is 33.8 Å². The summed E-state index contributed by atoms with van der Waals surface area (Å²) in [6.45, 7) is 8.27. The van der Waals surface area contributed by atoms with Crippen LogP contribution in [-0.2, 0) is 10.2 Å². The number of nitrogens with zero attached hydrogens (tertiary/aromatic N) is 1. The Labute approximate surface area is 128 Å². The fourth-order valence-electron chi connectivity index (χ4n) is 3.15. The molecule has 2 amide bonds. The number of carbonyl (C=O) groups is 2. The first-order chi connectivity index (χ1) is 9.06. The molecular formula is C16H20BrNO2. The number of hydrogen-bond donors (Lipinski definition) is 0. The van der Waals surface area contributed by atoms with Crippen molar-refractivity contribution in [2.24, 2.45) is 5.41 Å². The topological polar surface area (TPSA) is 37.4 Å². The predicted molar refractivity (Wildman–Crippen MR) is 82.7 cm³/mol. The second kappa shape index (κ2) is 4.69. The lowest BCUT2D eigenvalue weighted by Crippen LogP contribution is -2.52. The summed E-state index contributed by atoms with van der Waals surface area (Å²) in [5, 5.41) is 0. The van der Waals surface area contributed by atoms with Gasteiger partial charge in [0.1, 0.15) is 0 Å². The fraction of sp³-hybridized carbons (Fsp3) is 0.500. The molecular weight excluding hydrogens is 318 g/mol. The summed E-state index contributed by atoms with van der Waals surface area (Å²) in [5.41, 5.74) is 0.780. The van der Waals surface area contributed by atoms with Gasteiger partial charge in [-0.2, -0.15) is 0 Å². The number of fused-ring (bicyclic) bond motifs is 1. The van der Waals surface area contributed by atoms with Crippen LogP contribution in [0.5, 0.6) is 0 Å². The molecule has 1 heterocycles. The molecule has 3 nitrogen and oxygen atoms in total. The molecule has 2 rings (SSSR count). The van der Waals surface area contributed by atoms with Crippen molar-refractivity contribution in [1.82, 2.24) is 4.90 Å². The molecule has 1 unspecified atom stereocenters. The predicted octanol–water partition coefficient (Wildman–Crippen LogP) is 3.76. The van der Waals surface area contributed by atoms with Gasteiger partial charge in [0, 0.05) is 17.1 Å². The van der Waals surface area contributed by atoms with Crippen molar-refractivity contribution in [3.8, 4) is 0 Å². The van der Waals surface area contributed by atoms with Crippen LogP contribution in [0.1, 0.15) is 50.0 Å². The van der Waals surface area contributed by atoms with E-state index >= 15 is 0 Å². The van der Waals surface area contributed by atoms with Gasteiger partial charge >= 0.3 is 0 Å². The van der Waals surface area contributed by atoms with Crippen LogP contribution in [0.2, 0.25) is 0 Å². The Balaban J connectivity index is 2.68. The minimum absolute atomic E-state index is 0.00871. The summed E-state index contributed by atoms with van der Waals surface area (Å²) in [6.07, 6.45) is 0.694. The summed E-state index contributed by atoms with van der Waals surface area (Å²) in [6, 6.07) is 5.55. The molecule has 0 saturated heterocycles. The van der Waals surface area contributed by atoms with Gasteiger partial charge in [-0.15, -0.1) is 0 Å². The number of amides is 2. The summed E-state index contributed by atoms with van der Waals surface area (Å²) in [4.78, 5) is 26.2. The monoisotopic (exact) mass is 337 g/mol.